The van der Waals surface area contributed by atoms with E-state index in [4.69, 9.17) is 0 Å². The smallest absolute Gasteiger partial charge is 0.252 e. The van der Waals surface area contributed by atoms with Crippen LogP contribution in [0.1, 0.15) is 23.2 Å². The molecular formula is C11H15BrN2OS. The fourth-order valence-electron chi connectivity index (χ4n) is 1.85. The number of halogens is 1. The predicted molar refractivity (Wildman–Crippen MR) is 69.9 cm³/mol. The summed E-state index contributed by atoms with van der Waals surface area (Å²) >= 11 is 4.90. The second-order valence-electron chi connectivity index (χ2n) is 4.04. The van der Waals surface area contributed by atoms with E-state index in [-0.39, 0.29) is 5.91 Å². The Morgan fingerprint density at radius 2 is 2.31 bits per heavy atom. The van der Waals surface area contributed by atoms with Crippen molar-refractivity contribution in [1.29, 1.82) is 0 Å². The number of nitrogens with one attached hydrogen (secondary N) is 2. The van der Waals surface area contributed by atoms with Gasteiger partial charge in [0.15, 0.2) is 0 Å². The third-order valence-electron chi connectivity index (χ3n) is 2.84. The summed E-state index contributed by atoms with van der Waals surface area (Å²) in [6.07, 6.45) is 2.32. The standard InChI is InChI=1S/C11H15BrN2OS/c12-10-5-9(7-16-10)11(15)14-6-8-1-3-13-4-2-8/h5,7-8,13H,1-4,6H2,(H,14,15). The van der Waals surface area contributed by atoms with Crippen LogP contribution in [0.4, 0.5) is 0 Å². The first-order chi connectivity index (χ1) is 7.75. The van der Waals surface area contributed by atoms with Crippen molar-refractivity contribution in [2.45, 2.75) is 12.8 Å². The minimum Gasteiger partial charge on any atom is -0.352 e. The van der Waals surface area contributed by atoms with Crippen LogP contribution >= 0.6 is 27.3 Å². The molecule has 1 aliphatic rings. The second-order valence-corrected chi connectivity index (χ2v) is 6.33. The molecule has 0 saturated carbocycles. The Kier molecular flexibility index (Phi) is 4.37. The molecule has 2 N–H and O–H groups in total. The van der Waals surface area contributed by atoms with Gasteiger partial charge in [0.25, 0.3) is 5.91 Å². The summed E-state index contributed by atoms with van der Waals surface area (Å²) in [5, 5.41) is 8.20. The number of piperidine rings is 1. The first kappa shape index (κ1) is 12.1. The van der Waals surface area contributed by atoms with Gasteiger partial charge >= 0.3 is 0 Å². The van der Waals surface area contributed by atoms with Gasteiger partial charge in [-0.15, -0.1) is 11.3 Å². The van der Waals surface area contributed by atoms with Crippen LogP contribution in [-0.2, 0) is 0 Å². The highest BCUT2D eigenvalue weighted by molar-refractivity contribution is 9.11. The molecule has 0 atom stereocenters. The third-order valence-corrected chi connectivity index (χ3v) is 4.34. The summed E-state index contributed by atoms with van der Waals surface area (Å²) in [5.74, 6) is 0.674. The molecule has 2 rings (SSSR count). The van der Waals surface area contributed by atoms with Crippen molar-refractivity contribution in [3.05, 3.63) is 20.8 Å². The maximum Gasteiger partial charge on any atom is 0.252 e. The molecular weight excluding hydrogens is 288 g/mol. The summed E-state index contributed by atoms with van der Waals surface area (Å²) < 4.78 is 1.000. The molecule has 1 saturated heterocycles. The van der Waals surface area contributed by atoms with E-state index in [1.165, 1.54) is 0 Å². The van der Waals surface area contributed by atoms with Crippen LogP contribution in [-0.4, -0.2) is 25.5 Å². The van der Waals surface area contributed by atoms with Crippen LogP contribution in [0, 0.1) is 5.92 Å². The molecule has 0 aromatic carbocycles. The maximum atomic E-state index is 11.8. The van der Waals surface area contributed by atoms with Gasteiger partial charge in [0, 0.05) is 11.9 Å². The van der Waals surface area contributed by atoms with Gasteiger partial charge in [-0.05, 0) is 53.8 Å². The van der Waals surface area contributed by atoms with Gasteiger partial charge in [0.05, 0.1) is 9.35 Å². The highest BCUT2D eigenvalue weighted by Crippen LogP contribution is 2.20. The van der Waals surface area contributed by atoms with Gasteiger partial charge in [-0.3, -0.25) is 4.79 Å². The largest absolute Gasteiger partial charge is 0.352 e. The zero-order chi connectivity index (χ0) is 11.4. The van der Waals surface area contributed by atoms with Crippen LogP contribution in [0.25, 0.3) is 0 Å². The summed E-state index contributed by atoms with van der Waals surface area (Å²) in [7, 11) is 0. The molecule has 16 heavy (non-hydrogen) atoms. The SMILES string of the molecule is O=C(NCC1CCNCC1)c1csc(Br)c1. The quantitative estimate of drug-likeness (QED) is 0.899. The van der Waals surface area contributed by atoms with Gasteiger partial charge < -0.3 is 10.6 Å². The summed E-state index contributed by atoms with van der Waals surface area (Å²) in [4.78, 5) is 11.8. The van der Waals surface area contributed by atoms with E-state index < -0.39 is 0 Å². The van der Waals surface area contributed by atoms with Crippen molar-refractivity contribution in [2.24, 2.45) is 5.92 Å². The van der Waals surface area contributed by atoms with Gasteiger partial charge in [0.1, 0.15) is 0 Å². The third kappa shape index (κ3) is 3.30. The summed E-state index contributed by atoms with van der Waals surface area (Å²) in [6, 6.07) is 1.86. The molecule has 1 aromatic heterocycles. The number of carbonyl (C=O) groups excluding carboxylic acids is 1. The predicted octanol–water partition coefficient (Wildman–Crippen LogP) is 2.24. The lowest BCUT2D eigenvalue weighted by Gasteiger charge is -2.22. The number of thiophene rings is 1. The molecule has 0 bridgehead atoms. The van der Waals surface area contributed by atoms with Crippen molar-refractivity contribution < 1.29 is 4.79 Å². The minimum absolute atomic E-state index is 0.0421. The molecule has 1 amide bonds. The minimum atomic E-state index is 0.0421. The lowest BCUT2D eigenvalue weighted by atomic mass is 9.98. The number of hydrogen-bond donors (Lipinski definition) is 2. The Bertz CT molecular complexity index is 361. The van der Waals surface area contributed by atoms with Crippen molar-refractivity contribution in [3.8, 4) is 0 Å². The lowest BCUT2D eigenvalue weighted by Crippen LogP contribution is -2.35. The molecule has 0 unspecified atom stereocenters. The number of amides is 1. The Hall–Kier alpha value is -0.390. The fourth-order valence-corrected chi connectivity index (χ4v) is 2.99. The molecule has 0 radical (unpaired) electrons. The first-order valence-corrected chi connectivity index (χ1v) is 7.16. The normalized spacial score (nSPS) is 17.3. The molecule has 88 valence electrons. The average molecular weight is 303 g/mol. The van der Waals surface area contributed by atoms with Crippen LogP contribution in [0.2, 0.25) is 0 Å². The van der Waals surface area contributed by atoms with E-state index in [0.717, 1.165) is 41.8 Å². The van der Waals surface area contributed by atoms with E-state index in [1.807, 2.05) is 11.4 Å². The first-order valence-electron chi connectivity index (χ1n) is 5.48. The zero-order valence-electron chi connectivity index (χ0n) is 8.96. The lowest BCUT2D eigenvalue weighted by molar-refractivity contribution is 0.0944. The summed E-state index contributed by atoms with van der Waals surface area (Å²) in [6.45, 7) is 2.95. The van der Waals surface area contributed by atoms with Crippen LogP contribution in [0.3, 0.4) is 0 Å². The van der Waals surface area contributed by atoms with Gasteiger partial charge in [-0.1, -0.05) is 0 Å². The number of hydrogen-bond acceptors (Lipinski definition) is 3. The Balaban J connectivity index is 1.79. The Labute approximate surface area is 108 Å². The monoisotopic (exact) mass is 302 g/mol. The maximum absolute atomic E-state index is 11.8. The van der Waals surface area contributed by atoms with Crippen LogP contribution in [0.5, 0.6) is 0 Å². The van der Waals surface area contributed by atoms with Crippen LogP contribution in [0.15, 0.2) is 15.2 Å². The van der Waals surface area contributed by atoms with E-state index in [2.05, 4.69) is 26.6 Å². The molecule has 0 spiro atoms. The van der Waals surface area contributed by atoms with Crippen molar-refractivity contribution in [1.82, 2.24) is 10.6 Å². The van der Waals surface area contributed by atoms with E-state index in [9.17, 15) is 4.79 Å². The number of carbonyl (C=O) groups is 1. The zero-order valence-corrected chi connectivity index (χ0v) is 11.4. The Morgan fingerprint density at radius 3 is 2.94 bits per heavy atom. The molecule has 5 heteroatoms. The molecule has 1 aromatic rings. The van der Waals surface area contributed by atoms with E-state index >= 15 is 0 Å². The molecule has 1 fully saturated rings. The molecule has 1 aliphatic heterocycles. The van der Waals surface area contributed by atoms with Gasteiger partial charge in [-0.25, -0.2) is 0 Å². The van der Waals surface area contributed by atoms with Crippen molar-refractivity contribution >= 4 is 33.2 Å². The highest BCUT2D eigenvalue weighted by Gasteiger charge is 2.14. The van der Waals surface area contributed by atoms with Gasteiger partial charge in [-0.2, -0.15) is 0 Å². The van der Waals surface area contributed by atoms with E-state index in [1.54, 1.807) is 11.3 Å². The fraction of sp³-hybridized carbons (Fsp3) is 0.545. The van der Waals surface area contributed by atoms with E-state index in [0.29, 0.717) is 5.92 Å². The molecule has 0 aliphatic carbocycles. The van der Waals surface area contributed by atoms with Crippen molar-refractivity contribution in [2.75, 3.05) is 19.6 Å². The summed E-state index contributed by atoms with van der Waals surface area (Å²) in [5.41, 5.74) is 0.755. The highest BCUT2D eigenvalue weighted by atomic mass is 79.9. The van der Waals surface area contributed by atoms with Crippen molar-refractivity contribution in [3.63, 3.8) is 0 Å². The van der Waals surface area contributed by atoms with Gasteiger partial charge in [0.2, 0.25) is 0 Å². The topological polar surface area (TPSA) is 41.1 Å². The number of rotatable bonds is 3. The Morgan fingerprint density at radius 1 is 1.56 bits per heavy atom. The van der Waals surface area contributed by atoms with Crippen LogP contribution < -0.4 is 10.6 Å². The molecule has 3 nitrogen and oxygen atoms in total. The second kappa shape index (κ2) is 5.80. The molecule has 2 heterocycles. The average Bonchev–Trinajstić information content (AvgIpc) is 2.74.